The molecule has 47 heavy (non-hydrogen) atoms. The summed E-state index contributed by atoms with van der Waals surface area (Å²) in [5, 5.41) is 7.24. The summed E-state index contributed by atoms with van der Waals surface area (Å²) in [6.45, 7) is 0. The summed E-state index contributed by atoms with van der Waals surface area (Å²) >= 11 is -3.39. The van der Waals surface area contributed by atoms with E-state index in [2.05, 4.69) is 212 Å². The monoisotopic (exact) mass is 748 g/mol. The van der Waals surface area contributed by atoms with Gasteiger partial charge in [0, 0.05) is 0 Å². The van der Waals surface area contributed by atoms with Gasteiger partial charge in [0.1, 0.15) is 0 Å². The van der Waals surface area contributed by atoms with Crippen molar-refractivity contribution in [2.45, 2.75) is 0 Å². The molecule has 5 heteroatoms. The summed E-state index contributed by atoms with van der Waals surface area (Å²) in [6, 6.07) is 75.8. The molecule has 2 nitrogen and oxygen atoms in total. The van der Waals surface area contributed by atoms with Gasteiger partial charge < -0.3 is 0 Å². The first kappa shape index (κ1) is 31.3. The van der Waals surface area contributed by atoms with Gasteiger partial charge in [-0.1, -0.05) is 0 Å². The Hall–Kier alpha value is -4.29. The van der Waals surface area contributed by atoms with Crippen molar-refractivity contribution >= 4 is 72.3 Å². The number of rotatable bonds is 11. The van der Waals surface area contributed by atoms with Crippen LogP contribution in [-0.2, 0) is 5.41 Å². The first-order chi connectivity index (χ1) is 23.3. The van der Waals surface area contributed by atoms with Gasteiger partial charge in [-0.15, -0.1) is 0 Å². The topological polar surface area (TPSA) is 18.5 Å². The van der Waals surface area contributed by atoms with Crippen LogP contribution in [0.2, 0.25) is 0 Å². The third kappa shape index (κ3) is 6.36. The van der Waals surface area contributed by atoms with Crippen LogP contribution in [0, 0.1) is 0 Å². The fraction of sp³-hybridized carbons (Fsp3) is 0. The van der Waals surface area contributed by atoms with Crippen LogP contribution >= 0.6 is 0 Å². The Labute approximate surface area is 288 Å². The van der Waals surface area contributed by atoms with E-state index in [9.17, 15) is 0 Å². The molecule has 0 spiro atoms. The summed E-state index contributed by atoms with van der Waals surface area (Å²) < 4.78 is 17.2. The second-order valence-corrected chi connectivity index (χ2v) is 24.0. The summed E-state index contributed by atoms with van der Waals surface area (Å²) in [6.07, 6.45) is 0. The summed E-state index contributed by atoms with van der Waals surface area (Å²) in [7, 11) is -6.19. The van der Waals surface area contributed by atoms with Crippen LogP contribution in [0.4, 0.5) is 0 Å². The first-order valence-corrected chi connectivity index (χ1v) is 23.0. The Balaban J connectivity index is 1.51. The van der Waals surface area contributed by atoms with E-state index in [0.717, 1.165) is 3.51 Å². The van der Waals surface area contributed by atoms with Gasteiger partial charge in [-0.25, -0.2) is 0 Å². The SMILES string of the molecule is c1cc[c]([Sb]([O][Si](c2ccccc2)(c2ccccc2)c2ccccc2)[O][Si](c2ccccc2)(c2ccccc2)c2ccccc2)cc1. The van der Waals surface area contributed by atoms with Crippen LogP contribution in [0.25, 0.3) is 0 Å². The van der Waals surface area contributed by atoms with E-state index in [-0.39, 0.29) is 0 Å². The molecular weight excluding hydrogens is 714 g/mol. The molecule has 0 saturated heterocycles. The van der Waals surface area contributed by atoms with Crippen LogP contribution < -0.4 is 34.6 Å². The molecule has 7 aromatic carbocycles. The summed E-state index contributed by atoms with van der Waals surface area (Å²) in [5.41, 5.74) is 0. The van der Waals surface area contributed by atoms with Crippen LogP contribution in [0.5, 0.6) is 0 Å². The average Bonchev–Trinajstić information content (AvgIpc) is 3.18. The zero-order chi connectivity index (χ0) is 31.8. The fourth-order valence-corrected chi connectivity index (χ4v) is 27.4. The molecule has 0 aliphatic rings. The minimum absolute atomic E-state index is 1.16. The molecular formula is C42H35O2SbSi2. The molecule has 7 aromatic rings. The molecule has 0 bridgehead atoms. The Morgan fingerprint density at radius 2 is 0.447 bits per heavy atom. The molecule has 0 aromatic heterocycles. The normalized spacial score (nSPS) is 11.8. The molecule has 0 N–H and O–H groups in total. The van der Waals surface area contributed by atoms with Gasteiger partial charge in [0.2, 0.25) is 0 Å². The molecule has 7 rings (SSSR count). The van der Waals surface area contributed by atoms with Crippen molar-refractivity contribution in [3.8, 4) is 0 Å². The van der Waals surface area contributed by atoms with Crippen molar-refractivity contribution in [2.24, 2.45) is 0 Å². The zero-order valence-corrected chi connectivity index (χ0v) is 30.5. The molecule has 0 fully saturated rings. The maximum absolute atomic E-state index is 8.04. The molecule has 0 amide bonds. The molecule has 0 atom stereocenters. The standard InChI is InChI=1S/2C18H15OSi.C6H5.Sb/c2*19-20(16-10-4-1-5-11-16,17-12-6-2-7-13-17)18-14-8-3-9-15-18;1-2-4-6-5-3-1;/h2*1-15H;1-5H;/q2*-1;;+2. The Morgan fingerprint density at radius 1 is 0.255 bits per heavy atom. The van der Waals surface area contributed by atoms with Gasteiger partial charge in [0.05, 0.1) is 0 Å². The van der Waals surface area contributed by atoms with E-state index in [1.807, 2.05) is 0 Å². The first-order valence-electron chi connectivity index (χ1n) is 15.9. The molecule has 0 heterocycles. The van der Waals surface area contributed by atoms with E-state index in [0.29, 0.717) is 0 Å². The summed E-state index contributed by atoms with van der Waals surface area (Å²) in [5.74, 6) is 0. The number of hydrogen-bond donors (Lipinski definition) is 0. The van der Waals surface area contributed by atoms with E-state index in [1.165, 1.54) is 31.1 Å². The van der Waals surface area contributed by atoms with Gasteiger partial charge in [-0.3, -0.25) is 0 Å². The van der Waals surface area contributed by atoms with Gasteiger partial charge >= 0.3 is 290 Å². The average molecular weight is 750 g/mol. The molecule has 0 aliphatic heterocycles. The Bertz CT molecular complexity index is 1640. The van der Waals surface area contributed by atoms with Gasteiger partial charge in [0.15, 0.2) is 0 Å². The third-order valence-electron chi connectivity index (χ3n) is 8.49. The Kier molecular flexibility index (Phi) is 9.76. The van der Waals surface area contributed by atoms with Crippen molar-refractivity contribution in [2.75, 3.05) is 0 Å². The second kappa shape index (κ2) is 14.6. The minimum atomic E-state index is -3.39. The van der Waals surface area contributed by atoms with Crippen molar-refractivity contribution in [3.63, 3.8) is 0 Å². The van der Waals surface area contributed by atoms with E-state index >= 15 is 0 Å². The van der Waals surface area contributed by atoms with Crippen molar-refractivity contribution in [1.29, 1.82) is 0 Å². The van der Waals surface area contributed by atoms with Crippen LogP contribution in [0.3, 0.4) is 0 Å². The summed E-state index contributed by atoms with van der Waals surface area (Å²) in [4.78, 5) is 0. The van der Waals surface area contributed by atoms with Gasteiger partial charge in [-0.2, -0.15) is 0 Å². The molecule has 0 radical (unpaired) electrons. The van der Waals surface area contributed by atoms with Crippen molar-refractivity contribution < 1.29 is 5.41 Å². The molecule has 0 unspecified atom stereocenters. The van der Waals surface area contributed by atoms with E-state index < -0.39 is 37.7 Å². The molecule has 0 saturated carbocycles. The van der Waals surface area contributed by atoms with Crippen LogP contribution in [0.1, 0.15) is 0 Å². The predicted octanol–water partition coefficient (Wildman–Crippen LogP) is 4.75. The van der Waals surface area contributed by atoms with Crippen molar-refractivity contribution in [1.82, 2.24) is 0 Å². The van der Waals surface area contributed by atoms with E-state index in [1.54, 1.807) is 0 Å². The van der Waals surface area contributed by atoms with Gasteiger partial charge in [-0.05, 0) is 0 Å². The predicted molar refractivity (Wildman–Crippen MR) is 202 cm³/mol. The second-order valence-electron chi connectivity index (χ2n) is 11.3. The fourth-order valence-electron chi connectivity index (χ4n) is 6.28. The Morgan fingerprint density at radius 3 is 0.660 bits per heavy atom. The molecule has 0 aliphatic carbocycles. The number of benzene rings is 7. The van der Waals surface area contributed by atoms with Crippen LogP contribution in [-0.4, -0.2) is 37.7 Å². The quantitative estimate of drug-likeness (QED) is 0.141. The number of hydrogen-bond acceptors (Lipinski definition) is 2. The van der Waals surface area contributed by atoms with Gasteiger partial charge in [0.25, 0.3) is 0 Å². The third-order valence-corrected chi connectivity index (χ3v) is 25.8. The van der Waals surface area contributed by atoms with E-state index in [4.69, 9.17) is 5.41 Å². The maximum atomic E-state index is 8.04. The zero-order valence-electron chi connectivity index (χ0n) is 26.0. The van der Waals surface area contributed by atoms with Crippen LogP contribution in [0.15, 0.2) is 212 Å². The molecule has 228 valence electrons. The van der Waals surface area contributed by atoms with Crippen molar-refractivity contribution in [3.05, 3.63) is 212 Å².